The summed E-state index contributed by atoms with van der Waals surface area (Å²) in [5.41, 5.74) is 16.1. The van der Waals surface area contributed by atoms with Gasteiger partial charge in [-0.1, -0.05) is 194 Å². The normalized spacial score (nSPS) is 12.2. The molecular weight excluding hydrogens is 739 g/mol. The molecule has 10 aromatic carbocycles. The molecule has 0 N–H and O–H groups in total. The molecule has 0 saturated heterocycles. The van der Waals surface area contributed by atoms with Crippen LogP contribution in [0.1, 0.15) is 22.6 Å². The van der Waals surface area contributed by atoms with Crippen molar-refractivity contribution in [3.8, 4) is 39.1 Å². The van der Waals surface area contributed by atoms with E-state index in [4.69, 9.17) is 4.42 Å². The standard InChI is InChI=1S/C59H39NO/c1-4-18-39(19-5-1)41-34-35-43(40-20-6-2-7-21-40)53(38-41)57(52-30-16-29-50-47-26-13-15-33-56(47)61-59(50)52)49-37-36-46(44-24-10-11-25-45(44)49)48-28-17-32-55-58(48)51-27-12-14-31-54(51)60(55)42-22-8-3-9-23-42/h1-38,57H. The zero-order chi connectivity index (χ0) is 40.3. The Balaban J connectivity index is 1.16. The third kappa shape index (κ3) is 5.72. The van der Waals surface area contributed by atoms with Crippen molar-refractivity contribution in [2.45, 2.75) is 5.92 Å². The topological polar surface area (TPSA) is 18.1 Å². The summed E-state index contributed by atoms with van der Waals surface area (Å²) in [6, 6.07) is 83.7. The lowest BCUT2D eigenvalue weighted by Gasteiger charge is -2.25. The Hall–Kier alpha value is -7.94. The Kier molecular flexibility index (Phi) is 8.28. The van der Waals surface area contributed by atoms with Gasteiger partial charge in [0, 0.05) is 38.7 Å². The number of furan rings is 1. The molecule has 0 aliphatic rings. The molecule has 0 spiro atoms. The molecule has 1 atom stereocenters. The van der Waals surface area contributed by atoms with E-state index in [9.17, 15) is 0 Å². The Morgan fingerprint density at radius 2 is 0.934 bits per heavy atom. The van der Waals surface area contributed by atoms with E-state index < -0.39 is 0 Å². The van der Waals surface area contributed by atoms with Crippen molar-refractivity contribution in [2.24, 2.45) is 0 Å². The van der Waals surface area contributed by atoms with E-state index in [1.807, 2.05) is 0 Å². The van der Waals surface area contributed by atoms with Crippen molar-refractivity contribution in [3.63, 3.8) is 0 Å². The van der Waals surface area contributed by atoms with E-state index in [2.05, 4.69) is 235 Å². The average molecular weight is 778 g/mol. The van der Waals surface area contributed by atoms with E-state index in [0.29, 0.717) is 0 Å². The molecule has 286 valence electrons. The Labute approximate surface area is 354 Å². The monoisotopic (exact) mass is 777 g/mol. The third-order valence-electron chi connectivity index (χ3n) is 12.6. The molecule has 2 heteroatoms. The van der Waals surface area contributed by atoms with E-state index in [1.165, 1.54) is 77.1 Å². The van der Waals surface area contributed by atoms with Gasteiger partial charge in [0.15, 0.2) is 0 Å². The van der Waals surface area contributed by atoms with Crippen LogP contribution in [-0.4, -0.2) is 4.57 Å². The van der Waals surface area contributed by atoms with Crippen LogP contribution < -0.4 is 0 Å². The highest BCUT2D eigenvalue weighted by Gasteiger charge is 2.28. The van der Waals surface area contributed by atoms with Crippen LogP contribution in [0.25, 0.3) is 93.6 Å². The minimum atomic E-state index is -0.183. The van der Waals surface area contributed by atoms with Gasteiger partial charge in [0.1, 0.15) is 11.2 Å². The van der Waals surface area contributed by atoms with E-state index in [0.717, 1.165) is 33.2 Å². The highest BCUT2D eigenvalue weighted by Crippen LogP contribution is 2.48. The summed E-state index contributed by atoms with van der Waals surface area (Å²) in [6.07, 6.45) is 0. The number of hydrogen-bond donors (Lipinski definition) is 0. The van der Waals surface area contributed by atoms with Gasteiger partial charge < -0.3 is 8.98 Å². The molecule has 2 heterocycles. The molecule has 12 rings (SSSR count). The SMILES string of the molecule is c1ccc(-c2ccc(-c3ccccc3)c(C(c3ccc(-c4cccc5c4c4ccccc4n5-c4ccccc4)c4ccccc34)c3cccc4c3oc3ccccc34)c2)cc1. The van der Waals surface area contributed by atoms with E-state index >= 15 is 0 Å². The molecule has 12 aromatic rings. The maximum atomic E-state index is 6.90. The molecule has 0 radical (unpaired) electrons. The molecule has 0 amide bonds. The van der Waals surface area contributed by atoms with E-state index in [1.54, 1.807) is 0 Å². The van der Waals surface area contributed by atoms with Crippen molar-refractivity contribution in [1.82, 2.24) is 4.57 Å². The van der Waals surface area contributed by atoms with Crippen molar-refractivity contribution in [2.75, 3.05) is 0 Å². The maximum Gasteiger partial charge on any atom is 0.139 e. The lowest BCUT2D eigenvalue weighted by Crippen LogP contribution is -2.07. The van der Waals surface area contributed by atoms with Gasteiger partial charge in [-0.15, -0.1) is 0 Å². The van der Waals surface area contributed by atoms with Crippen LogP contribution in [0, 0.1) is 0 Å². The highest BCUT2D eigenvalue weighted by atomic mass is 16.3. The Bertz CT molecular complexity index is 3580. The van der Waals surface area contributed by atoms with Crippen LogP contribution in [0.15, 0.2) is 235 Å². The number of hydrogen-bond acceptors (Lipinski definition) is 1. The second-order valence-electron chi connectivity index (χ2n) is 15.9. The van der Waals surface area contributed by atoms with Gasteiger partial charge in [0.05, 0.1) is 11.0 Å². The zero-order valence-electron chi connectivity index (χ0n) is 33.4. The van der Waals surface area contributed by atoms with Crippen molar-refractivity contribution in [1.29, 1.82) is 0 Å². The fraction of sp³-hybridized carbons (Fsp3) is 0.0169. The van der Waals surface area contributed by atoms with Crippen molar-refractivity contribution < 1.29 is 4.42 Å². The van der Waals surface area contributed by atoms with Crippen LogP contribution in [0.2, 0.25) is 0 Å². The quantitative estimate of drug-likeness (QED) is 0.147. The van der Waals surface area contributed by atoms with Crippen LogP contribution in [0.5, 0.6) is 0 Å². The number of rotatable bonds is 7. The van der Waals surface area contributed by atoms with Gasteiger partial charge in [-0.2, -0.15) is 0 Å². The molecule has 61 heavy (non-hydrogen) atoms. The molecule has 2 aromatic heterocycles. The molecule has 1 unspecified atom stereocenters. The van der Waals surface area contributed by atoms with Gasteiger partial charge in [0.2, 0.25) is 0 Å². The van der Waals surface area contributed by atoms with Gasteiger partial charge in [-0.05, 0) is 91.7 Å². The fourth-order valence-corrected chi connectivity index (χ4v) is 9.90. The van der Waals surface area contributed by atoms with Gasteiger partial charge >= 0.3 is 0 Å². The summed E-state index contributed by atoms with van der Waals surface area (Å²) < 4.78 is 9.30. The Morgan fingerprint density at radius 3 is 1.74 bits per heavy atom. The minimum Gasteiger partial charge on any atom is -0.456 e. The Morgan fingerprint density at radius 1 is 0.328 bits per heavy atom. The molecule has 0 aliphatic heterocycles. The number of nitrogens with zero attached hydrogens (tertiary/aromatic N) is 1. The van der Waals surface area contributed by atoms with Gasteiger partial charge in [-0.3, -0.25) is 0 Å². The smallest absolute Gasteiger partial charge is 0.139 e. The summed E-state index contributed by atoms with van der Waals surface area (Å²) in [7, 11) is 0. The summed E-state index contributed by atoms with van der Waals surface area (Å²) in [4.78, 5) is 0. The number of aromatic nitrogens is 1. The van der Waals surface area contributed by atoms with Crippen LogP contribution in [0.3, 0.4) is 0 Å². The van der Waals surface area contributed by atoms with Crippen molar-refractivity contribution >= 4 is 54.5 Å². The highest BCUT2D eigenvalue weighted by molar-refractivity contribution is 6.18. The second kappa shape index (κ2) is 14.4. The first-order chi connectivity index (χ1) is 30.3. The first-order valence-electron chi connectivity index (χ1n) is 21.0. The molecule has 0 saturated carbocycles. The number of fused-ring (bicyclic) bond motifs is 7. The molecule has 0 bridgehead atoms. The molecule has 2 nitrogen and oxygen atoms in total. The number of para-hydroxylation sites is 4. The van der Waals surface area contributed by atoms with Crippen molar-refractivity contribution in [3.05, 3.63) is 247 Å². The summed E-state index contributed by atoms with van der Waals surface area (Å²) in [5.74, 6) is -0.183. The first-order valence-corrected chi connectivity index (χ1v) is 21.0. The molecule has 0 fully saturated rings. The summed E-state index contributed by atoms with van der Waals surface area (Å²) in [5, 5.41) is 7.18. The molecular formula is C59H39NO. The average Bonchev–Trinajstić information content (AvgIpc) is 3.89. The maximum absolute atomic E-state index is 6.90. The minimum absolute atomic E-state index is 0.183. The lowest BCUT2D eigenvalue weighted by molar-refractivity contribution is 0.661. The van der Waals surface area contributed by atoms with Crippen LogP contribution >= 0.6 is 0 Å². The zero-order valence-corrected chi connectivity index (χ0v) is 33.4. The summed E-state index contributed by atoms with van der Waals surface area (Å²) in [6.45, 7) is 0. The van der Waals surface area contributed by atoms with E-state index in [-0.39, 0.29) is 5.92 Å². The predicted molar refractivity (Wildman–Crippen MR) is 256 cm³/mol. The van der Waals surface area contributed by atoms with Crippen LogP contribution in [-0.2, 0) is 0 Å². The second-order valence-corrected chi connectivity index (χ2v) is 15.9. The predicted octanol–water partition coefficient (Wildman–Crippen LogP) is 16.0. The van der Waals surface area contributed by atoms with Crippen LogP contribution in [0.4, 0.5) is 0 Å². The first kappa shape index (κ1) is 35.0. The van der Waals surface area contributed by atoms with Gasteiger partial charge in [0.25, 0.3) is 0 Å². The number of benzene rings is 10. The third-order valence-corrected chi connectivity index (χ3v) is 12.6. The molecule has 0 aliphatic carbocycles. The largest absolute Gasteiger partial charge is 0.456 e. The fourth-order valence-electron chi connectivity index (χ4n) is 9.90. The summed E-state index contributed by atoms with van der Waals surface area (Å²) >= 11 is 0. The van der Waals surface area contributed by atoms with Gasteiger partial charge in [-0.25, -0.2) is 0 Å². The lowest BCUT2D eigenvalue weighted by atomic mass is 9.77.